The van der Waals surface area contributed by atoms with Gasteiger partial charge in [-0.2, -0.15) is 0 Å². The van der Waals surface area contributed by atoms with Crippen LogP contribution in [0.3, 0.4) is 0 Å². The van der Waals surface area contributed by atoms with Crippen molar-refractivity contribution in [2.24, 2.45) is 0 Å². The maximum atomic E-state index is 12.0. The Hall–Kier alpha value is -2.56. The molecule has 0 radical (unpaired) electrons. The summed E-state index contributed by atoms with van der Waals surface area (Å²) in [5.74, 6) is 1.15. The summed E-state index contributed by atoms with van der Waals surface area (Å²) in [5.41, 5.74) is 2.56. The molecular formula is C15H17N3O2. The lowest BCUT2D eigenvalue weighted by Gasteiger charge is -2.12. The van der Waals surface area contributed by atoms with Crippen LogP contribution in [0.4, 0.5) is 16.3 Å². The molecule has 20 heavy (non-hydrogen) atoms. The highest BCUT2D eigenvalue weighted by molar-refractivity contribution is 6.00. The van der Waals surface area contributed by atoms with Gasteiger partial charge in [0.2, 0.25) is 0 Å². The lowest BCUT2D eigenvalue weighted by molar-refractivity contribution is 0.262. The normalized spacial score (nSPS) is 9.95. The summed E-state index contributed by atoms with van der Waals surface area (Å²) in [5, 5.41) is 5.48. The molecule has 2 amide bonds. The van der Waals surface area contributed by atoms with Crippen molar-refractivity contribution in [2.45, 2.75) is 13.8 Å². The van der Waals surface area contributed by atoms with Crippen LogP contribution in [0.2, 0.25) is 0 Å². The summed E-state index contributed by atoms with van der Waals surface area (Å²) in [6.07, 6.45) is 1.63. The molecule has 2 rings (SSSR count). The zero-order valence-corrected chi connectivity index (χ0v) is 11.7. The first-order valence-electron chi connectivity index (χ1n) is 6.24. The van der Waals surface area contributed by atoms with E-state index in [4.69, 9.17) is 4.74 Å². The molecule has 0 aliphatic carbocycles. The van der Waals surface area contributed by atoms with Crippen molar-refractivity contribution >= 4 is 17.5 Å². The van der Waals surface area contributed by atoms with Gasteiger partial charge < -0.3 is 10.1 Å². The number of carbonyl (C=O) groups excluding carboxylic acids is 1. The number of carbonyl (C=O) groups is 1. The van der Waals surface area contributed by atoms with Gasteiger partial charge in [-0.25, -0.2) is 9.78 Å². The summed E-state index contributed by atoms with van der Waals surface area (Å²) in [4.78, 5) is 16.1. The maximum Gasteiger partial charge on any atom is 0.324 e. The zero-order chi connectivity index (χ0) is 14.5. The third-order valence-electron chi connectivity index (χ3n) is 2.84. The van der Waals surface area contributed by atoms with E-state index < -0.39 is 0 Å². The molecule has 2 N–H and O–H groups in total. The molecule has 0 bridgehead atoms. The van der Waals surface area contributed by atoms with Gasteiger partial charge in [-0.15, -0.1) is 0 Å². The molecule has 1 aromatic heterocycles. The second-order valence-electron chi connectivity index (χ2n) is 4.45. The minimum absolute atomic E-state index is 0.351. The highest BCUT2D eigenvalue weighted by Gasteiger charge is 2.09. The SMILES string of the molecule is COc1ccc(C)cc1NC(=O)Nc1ncccc1C. The third kappa shape index (κ3) is 3.26. The standard InChI is InChI=1S/C15H17N3O2/c1-10-6-7-13(20-3)12(9-10)17-15(19)18-14-11(2)5-4-8-16-14/h4-9H,1-3H3,(H2,16,17,18,19). The predicted octanol–water partition coefficient (Wildman–Crippen LogP) is 3.35. The van der Waals surface area contributed by atoms with Crippen LogP contribution in [-0.4, -0.2) is 18.1 Å². The van der Waals surface area contributed by atoms with E-state index in [9.17, 15) is 4.79 Å². The summed E-state index contributed by atoms with van der Waals surface area (Å²) < 4.78 is 5.22. The number of pyridine rings is 1. The summed E-state index contributed by atoms with van der Waals surface area (Å²) in [6.45, 7) is 3.83. The van der Waals surface area contributed by atoms with E-state index in [2.05, 4.69) is 15.6 Å². The second-order valence-corrected chi connectivity index (χ2v) is 4.45. The first-order valence-corrected chi connectivity index (χ1v) is 6.24. The van der Waals surface area contributed by atoms with Gasteiger partial charge in [0.1, 0.15) is 11.6 Å². The number of rotatable bonds is 3. The molecule has 0 fully saturated rings. The zero-order valence-electron chi connectivity index (χ0n) is 11.7. The van der Waals surface area contributed by atoms with Crippen molar-refractivity contribution in [3.05, 3.63) is 47.7 Å². The minimum atomic E-state index is -0.351. The fourth-order valence-corrected chi connectivity index (χ4v) is 1.80. The number of methoxy groups -OCH3 is 1. The fourth-order valence-electron chi connectivity index (χ4n) is 1.80. The Morgan fingerprint density at radius 2 is 2.00 bits per heavy atom. The van der Waals surface area contributed by atoms with Gasteiger partial charge in [0, 0.05) is 6.20 Å². The van der Waals surface area contributed by atoms with Crippen LogP contribution >= 0.6 is 0 Å². The Morgan fingerprint density at radius 3 is 2.70 bits per heavy atom. The van der Waals surface area contributed by atoms with Crippen LogP contribution in [0.1, 0.15) is 11.1 Å². The van der Waals surface area contributed by atoms with Crippen LogP contribution in [0.15, 0.2) is 36.5 Å². The van der Waals surface area contributed by atoms with Crippen molar-refractivity contribution in [1.82, 2.24) is 4.98 Å². The predicted molar refractivity (Wildman–Crippen MR) is 79.3 cm³/mol. The van der Waals surface area contributed by atoms with E-state index >= 15 is 0 Å². The van der Waals surface area contributed by atoms with Gasteiger partial charge >= 0.3 is 6.03 Å². The van der Waals surface area contributed by atoms with Crippen LogP contribution < -0.4 is 15.4 Å². The van der Waals surface area contributed by atoms with Gasteiger partial charge in [-0.3, -0.25) is 5.32 Å². The van der Waals surface area contributed by atoms with Gasteiger partial charge in [0.05, 0.1) is 12.8 Å². The van der Waals surface area contributed by atoms with Gasteiger partial charge in [0.25, 0.3) is 0 Å². The van der Waals surface area contributed by atoms with Crippen molar-refractivity contribution in [2.75, 3.05) is 17.7 Å². The highest BCUT2D eigenvalue weighted by atomic mass is 16.5. The van der Waals surface area contributed by atoms with Crippen molar-refractivity contribution in [1.29, 1.82) is 0 Å². The van der Waals surface area contributed by atoms with E-state index in [1.54, 1.807) is 13.3 Å². The average Bonchev–Trinajstić information content (AvgIpc) is 2.41. The molecule has 0 aliphatic heterocycles. The van der Waals surface area contributed by atoms with E-state index in [-0.39, 0.29) is 6.03 Å². The number of anilines is 2. The third-order valence-corrected chi connectivity index (χ3v) is 2.84. The van der Waals surface area contributed by atoms with Crippen LogP contribution in [-0.2, 0) is 0 Å². The molecule has 0 atom stereocenters. The number of benzene rings is 1. The molecule has 0 saturated heterocycles. The number of nitrogens with one attached hydrogen (secondary N) is 2. The van der Waals surface area contributed by atoms with Crippen LogP contribution in [0.5, 0.6) is 5.75 Å². The fraction of sp³-hybridized carbons (Fsp3) is 0.200. The molecule has 104 valence electrons. The number of ether oxygens (including phenoxy) is 1. The topological polar surface area (TPSA) is 63.2 Å². The molecule has 0 unspecified atom stereocenters. The molecule has 2 aromatic rings. The smallest absolute Gasteiger partial charge is 0.324 e. The van der Waals surface area contributed by atoms with E-state index in [1.165, 1.54) is 0 Å². The number of aromatic nitrogens is 1. The Morgan fingerprint density at radius 1 is 1.20 bits per heavy atom. The van der Waals surface area contributed by atoms with Crippen molar-refractivity contribution in [3.63, 3.8) is 0 Å². The molecule has 1 aromatic carbocycles. The Balaban J connectivity index is 2.12. The van der Waals surface area contributed by atoms with Crippen molar-refractivity contribution in [3.8, 4) is 5.75 Å². The Bertz CT molecular complexity index is 626. The molecule has 5 nitrogen and oxygen atoms in total. The molecular weight excluding hydrogens is 254 g/mol. The lowest BCUT2D eigenvalue weighted by atomic mass is 10.2. The molecule has 0 spiro atoms. The van der Waals surface area contributed by atoms with E-state index in [0.717, 1.165) is 11.1 Å². The minimum Gasteiger partial charge on any atom is -0.495 e. The molecule has 0 saturated carbocycles. The number of hydrogen-bond acceptors (Lipinski definition) is 3. The number of aryl methyl sites for hydroxylation is 2. The van der Waals surface area contributed by atoms with Gasteiger partial charge in [0.15, 0.2) is 0 Å². The first-order chi connectivity index (χ1) is 9.60. The largest absolute Gasteiger partial charge is 0.495 e. The summed E-state index contributed by atoms with van der Waals surface area (Å²) in [6, 6.07) is 8.94. The molecule has 5 heteroatoms. The average molecular weight is 271 g/mol. The monoisotopic (exact) mass is 271 g/mol. The molecule has 0 aliphatic rings. The molecule has 1 heterocycles. The van der Waals surface area contributed by atoms with Crippen LogP contribution in [0, 0.1) is 13.8 Å². The Labute approximate surface area is 118 Å². The van der Waals surface area contributed by atoms with E-state index in [0.29, 0.717) is 17.3 Å². The van der Waals surface area contributed by atoms with Gasteiger partial charge in [-0.1, -0.05) is 12.1 Å². The van der Waals surface area contributed by atoms with E-state index in [1.807, 2.05) is 44.2 Å². The quantitative estimate of drug-likeness (QED) is 0.899. The summed E-state index contributed by atoms with van der Waals surface area (Å²) >= 11 is 0. The number of nitrogens with zero attached hydrogens (tertiary/aromatic N) is 1. The number of urea groups is 1. The lowest BCUT2D eigenvalue weighted by Crippen LogP contribution is -2.21. The summed E-state index contributed by atoms with van der Waals surface area (Å²) in [7, 11) is 1.57. The van der Waals surface area contributed by atoms with Crippen molar-refractivity contribution < 1.29 is 9.53 Å². The highest BCUT2D eigenvalue weighted by Crippen LogP contribution is 2.25. The Kier molecular flexibility index (Phi) is 4.20. The first kappa shape index (κ1) is 13.9. The number of hydrogen-bond donors (Lipinski definition) is 2. The number of amides is 2. The van der Waals surface area contributed by atoms with Crippen LogP contribution in [0.25, 0.3) is 0 Å². The van der Waals surface area contributed by atoms with Gasteiger partial charge in [-0.05, 0) is 43.2 Å². The second kappa shape index (κ2) is 6.06. The maximum absolute atomic E-state index is 12.0.